The number of carbonyl (C=O) groups is 3. The zero-order valence-corrected chi connectivity index (χ0v) is 32.5. The normalized spacial score (nSPS) is 23.0. The van der Waals surface area contributed by atoms with Crippen molar-refractivity contribution in [3.8, 4) is 5.75 Å². The first-order valence-electron chi connectivity index (χ1n) is 16.6. The van der Waals surface area contributed by atoms with Crippen LogP contribution in [0.5, 0.6) is 5.75 Å². The number of methoxy groups -OCH3 is 3. The molecule has 280 valence electrons. The molecule has 1 fully saturated rings. The van der Waals surface area contributed by atoms with Gasteiger partial charge in [-0.3, -0.25) is 14.4 Å². The first-order valence-corrected chi connectivity index (χ1v) is 17.8. The summed E-state index contributed by atoms with van der Waals surface area (Å²) in [5, 5.41) is 0. The monoisotopic (exact) mass is 816 g/mol. The zero-order chi connectivity index (χ0) is 37.1. The minimum absolute atomic E-state index is 0.153. The third-order valence-electron chi connectivity index (χ3n) is 7.84. The van der Waals surface area contributed by atoms with E-state index in [1.165, 1.54) is 27.9 Å². The predicted octanol–water partition coefficient (Wildman–Crippen LogP) is 6.04. The third-order valence-corrected chi connectivity index (χ3v) is 8.35. The van der Waals surface area contributed by atoms with E-state index in [0.717, 1.165) is 23.3 Å². The van der Waals surface area contributed by atoms with Gasteiger partial charge in [-0.2, -0.15) is 0 Å². The van der Waals surface area contributed by atoms with E-state index in [-0.39, 0.29) is 12.7 Å². The number of ether oxygens (including phenoxy) is 9. The molecule has 13 heteroatoms. The Balaban J connectivity index is 2.34. The molecule has 1 heterocycles. The first-order chi connectivity index (χ1) is 23.9. The molecule has 0 aromatic heterocycles. The van der Waals surface area contributed by atoms with Crippen molar-refractivity contribution in [2.24, 2.45) is 5.92 Å². The Morgan fingerprint density at radius 3 is 2.16 bits per heavy atom. The van der Waals surface area contributed by atoms with Crippen LogP contribution in [0.2, 0.25) is 0 Å². The summed E-state index contributed by atoms with van der Waals surface area (Å²) in [7, 11) is 4.69. The molecule has 1 aromatic rings. The summed E-state index contributed by atoms with van der Waals surface area (Å²) in [4.78, 5) is 36.0. The van der Waals surface area contributed by atoms with Gasteiger partial charge in [0.25, 0.3) is 0 Å². The van der Waals surface area contributed by atoms with Crippen molar-refractivity contribution in [3.63, 3.8) is 0 Å². The summed E-state index contributed by atoms with van der Waals surface area (Å²) in [5.41, 5.74) is 2.09. The van der Waals surface area contributed by atoms with Gasteiger partial charge in [0.05, 0.1) is 25.9 Å². The molecule has 1 aromatic carbocycles. The molecule has 0 N–H and O–H groups in total. The summed E-state index contributed by atoms with van der Waals surface area (Å²) in [6.07, 6.45) is 4.06. The fourth-order valence-corrected chi connectivity index (χ4v) is 5.74. The van der Waals surface area contributed by atoms with E-state index < -0.39 is 54.7 Å². The van der Waals surface area contributed by atoms with Crippen LogP contribution >= 0.6 is 22.6 Å². The highest BCUT2D eigenvalue weighted by molar-refractivity contribution is 14.1. The maximum atomic E-state index is 12.3. The molecule has 12 nitrogen and oxygen atoms in total. The predicted molar refractivity (Wildman–Crippen MR) is 195 cm³/mol. The topological polar surface area (TPSA) is 134 Å². The minimum atomic E-state index is -1.18. The molecule has 1 aliphatic heterocycles. The van der Waals surface area contributed by atoms with Crippen LogP contribution in [0.25, 0.3) is 0 Å². The van der Waals surface area contributed by atoms with Crippen molar-refractivity contribution in [1.82, 2.24) is 0 Å². The molecule has 0 aliphatic carbocycles. The highest BCUT2D eigenvalue weighted by Crippen LogP contribution is 2.31. The minimum Gasteiger partial charge on any atom is -0.497 e. The molecule has 1 saturated heterocycles. The SMILES string of the molecule is COc1ccc(COCC[C@@H](/C=C\C[C@H](OC)/C(C)=C/[C@@H](C)C/C=C/I)O[C@@H]2O[C@H](COC(C)=O)[C@@H](OC(C)=O)[C@H](OC)[C@H]2OC(C)=O)cc1. The van der Waals surface area contributed by atoms with Crippen LogP contribution in [0.15, 0.2) is 58.2 Å². The van der Waals surface area contributed by atoms with E-state index in [1.54, 1.807) is 14.2 Å². The molecule has 0 saturated carbocycles. The average Bonchev–Trinajstić information content (AvgIpc) is 3.07. The molecule has 50 heavy (non-hydrogen) atoms. The molecule has 2 rings (SSSR count). The molecule has 0 unspecified atom stereocenters. The molecule has 0 spiro atoms. The van der Waals surface area contributed by atoms with Crippen LogP contribution in [0, 0.1) is 5.92 Å². The van der Waals surface area contributed by atoms with Crippen LogP contribution in [-0.4, -0.2) is 95.4 Å². The lowest BCUT2D eigenvalue weighted by atomic mass is 9.98. The average molecular weight is 817 g/mol. The lowest BCUT2D eigenvalue weighted by Crippen LogP contribution is -2.62. The van der Waals surface area contributed by atoms with E-state index in [0.29, 0.717) is 32.0 Å². The highest BCUT2D eigenvalue weighted by Gasteiger charge is 2.51. The van der Waals surface area contributed by atoms with Gasteiger partial charge in [-0.15, -0.1) is 0 Å². The van der Waals surface area contributed by atoms with Gasteiger partial charge < -0.3 is 42.6 Å². The molecule has 8 atom stereocenters. The largest absolute Gasteiger partial charge is 0.497 e. The number of esters is 3. The number of carbonyl (C=O) groups excluding carboxylic acids is 3. The number of allylic oxidation sites excluding steroid dienone is 2. The fraction of sp³-hybridized carbons (Fsp3) is 0.595. The van der Waals surface area contributed by atoms with Crippen molar-refractivity contribution in [2.45, 2.75) is 103 Å². The summed E-state index contributed by atoms with van der Waals surface area (Å²) in [6.45, 7) is 8.40. The zero-order valence-electron chi connectivity index (χ0n) is 30.3. The van der Waals surface area contributed by atoms with E-state index in [4.69, 9.17) is 42.6 Å². The molecule has 0 radical (unpaired) electrons. The van der Waals surface area contributed by atoms with Crippen LogP contribution in [0.4, 0.5) is 0 Å². The molecule has 1 aliphatic rings. The number of halogens is 1. The Labute approximate surface area is 309 Å². The Hall–Kier alpha value is -2.82. The first kappa shape index (κ1) is 43.3. The third kappa shape index (κ3) is 15.6. The van der Waals surface area contributed by atoms with Gasteiger partial charge in [0.2, 0.25) is 0 Å². The molecular weight excluding hydrogens is 763 g/mol. The quantitative estimate of drug-likeness (QED) is 0.0471. The van der Waals surface area contributed by atoms with Crippen molar-refractivity contribution in [3.05, 3.63) is 63.8 Å². The molecule has 0 amide bonds. The van der Waals surface area contributed by atoms with Crippen LogP contribution < -0.4 is 4.74 Å². The van der Waals surface area contributed by atoms with E-state index in [9.17, 15) is 14.4 Å². The van der Waals surface area contributed by atoms with Crippen molar-refractivity contribution in [2.75, 3.05) is 34.5 Å². The van der Waals surface area contributed by atoms with Crippen molar-refractivity contribution >= 4 is 40.5 Å². The van der Waals surface area contributed by atoms with Crippen molar-refractivity contribution in [1.29, 1.82) is 0 Å². The number of rotatable bonds is 21. The molecular formula is C37H53IO12. The van der Waals surface area contributed by atoms with Crippen molar-refractivity contribution < 1.29 is 57.0 Å². The van der Waals surface area contributed by atoms with Gasteiger partial charge in [0, 0.05) is 48.0 Å². The van der Waals surface area contributed by atoms with Crippen LogP contribution in [-0.2, 0) is 58.9 Å². The number of benzene rings is 1. The summed E-state index contributed by atoms with van der Waals surface area (Å²) >= 11 is 2.22. The van der Waals surface area contributed by atoms with Gasteiger partial charge in [-0.1, -0.05) is 66.0 Å². The van der Waals surface area contributed by atoms with Crippen LogP contribution in [0.3, 0.4) is 0 Å². The lowest BCUT2D eigenvalue weighted by Gasteiger charge is -2.44. The Kier molecular flexibility index (Phi) is 20.5. The van der Waals surface area contributed by atoms with Gasteiger partial charge in [-0.05, 0) is 53.0 Å². The van der Waals surface area contributed by atoms with Crippen LogP contribution in [0.1, 0.15) is 59.4 Å². The van der Waals surface area contributed by atoms with E-state index >= 15 is 0 Å². The second-order valence-electron chi connectivity index (χ2n) is 11.9. The fourth-order valence-electron chi connectivity index (χ4n) is 5.45. The molecule has 0 bridgehead atoms. The number of hydrogen-bond acceptors (Lipinski definition) is 12. The van der Waals surface area contributed by atoms with E-state index in [2.05, 4.69) is 48.6 Å². The Morgan fingerprint density at radius 2 is 1.58 bits per heavy atom. The number of hydrogen-bond donors (Lipinski definition) is 0. The lowest BCUT2D eigenvalue weighted by molar-refractivity contribution is -0.315. The Morgan fingerprint density at radius 1 is 0.900 bits per heavy atom. The summed E-state index contributed by atoms with van der Waals surface area (Å²) in [5.74, 6) is -0.667. The van der Waals surface area contributed by atoms with Gasteiger partial charge in [-0.25, -0.2) is 0 Å². The van der Waals surface area contributed by atoms with Gasteiger partial charge in [0.1, 0.15) is 24.6 Å². The Bertz CT molecular complexity index is 1260. The van der Waals surface area contributed by atoms with E-state index in [1.807, 2.05) is 40.5 Å². The second kappa shape index (κ2) is 23.6. The second-order valence-corrected chi connectivity index (χ2v) is 12.7. The van der Waals surface area contributed by atoms with Gasteiger partial charge in [0.15, 0.2) is 18.5 Å². The maximum Gasteiger partial charge on any atom is 0.303 e. The van der Waals surface area contributed by atoms with Gasteiger partial charge >= 0.3 is 17.9 Å². The maximum absolute atomic E-state index is 12.3. The summed E-state index contributed by atoms with van der Waals surface area (Å²) < 4.78 is 53.9. The smallest absolute Gasteiger partial charge is 0.303 e. The highest BCUT2D eigenvalue weighted by atomic mass is 127. The summed E-state index contributed by atoms with van der Waals surface area (Å²) in [6, 6.07) is 7.60. The standard InChI is InChI=1S/C37H53IO12/c1-24(11-10-19-38)21-25(2)32(43-7)13-9-12-31(18-20-45-22-29-14-16-30(42-6)17-15-29)49-37-36(48-28(5)41)35(44-8)34(47-27(4)40)33(50-37)23-46-26(3)39/h9-10,12,14-17,19,21,24,31-37H,11,13,18,20,22-23H2,1-8H3/b12-9-,19-10+,25-21+/t24-,31+,32-,33+,34+,35-,36+,37+/m0/s1.